The van der Waals surface area contributed by atoms with Crippen molar-refractivity contribution >= 4 is 0 Å². The second-order valence-electron chi connectivity index (χ2n) is 2.14. The SMILES string of the molecule is NNCc1nccn1CCO. The molecular weight excluding hydrogens is 144 g/mol. The molecule has 0 unspecified atom stereocenters. The number of nitrogens with zero attached hydrogens (tertiary/aromatic N) is 2. The summed E-state index contributed by atoms with van der Waals surface area (Å²) in [7, 11) is 0. The average Bonchev–Trinajstić information content (AvgIpc) is 2.39. The number of hydrogen-bond donors (Lipinski definition) is 3. The molecule has 1 aromatic rings. The molecule has 62 valence electrons. The summed E-state index contributed by atoms with van der Waals surface area (Å²) in [6, 6.07) is 0. The van der Waals surface area contributed by atoms with Crippen molar-refractivity contribution in [3.05, 3.63) is 18.2 Å². The zero-order valence-electron chi connectivity index (χ0n) is 6.20. The first-order chi connectivity index (χ1) is 5.38. The molecule has 0 aliphatic heterocycles. The third-order valence-electron chi connectivity index (χ3n) is 1.40. The van der Waals surface area contributed by atoms with Gasteiger partial charge in [-0.05, 0) is 0 Å². The molecule has 0 atom stereocenters. The zero-order valence-corrected chi connectivity index (χ0v) is 6.20. The van der Waals surface area contributed by atoms with Gasteiger partial charge in [-0.2, -0.15) is 0 Å². The number of aliphatic hydroxyl groups excluding tert-OH is 1. The van der Waals surface area contributed by atoms with E-state index in [4.69, 9.17) is 10.9 Å². The lowest BCUT2D eigenvalue weighted by molar-refractivity contribution is 0.273. The molecular formula is C6H12N4O. The molecule has 0 fully saturated rings. The first-order valence-corrected chi connectivity index (χ1v) is 3.43. The Labute approximate surface area is 64.8 Å². The fourth-order valence-electron chi connectivity index (χ4n) is 0.910. The van der Waals surface area contributed by atoms with Crippen LogP contribution < -0.4 is 11.3 Å². The molecule has 0 saturated carbocycles. The van der Waals surface area contributed by atoms with E-state index in [0.717, 1.165) is 5.82 Å². The maximum Gasteiger partial charge on any atom is 0.124 e. The van der Waals surface area contributed by atoms with Gasteiger partial charge in [0, 0.05) is 18.9 Å². The van der Waals surface area contributed by atoms with Crippen molar-refractivity contribution in [2.45, 2.75) is 13.1 Å². The summed E-state index contributed by atoms with van der Waals surface area (Å²) in [5, 5.41) is 8.63. The normalized spacial score (nSPS) is 10.4. The number of hydrazine groups is 1. The molecule has 1 heterocycles. The highest BCUT2D eigenvalue weighted by Gasteiger charge is 1.98. The van der Waals surface area contributed by atoms with Crippen LogP contribution >= 0.6 is 0 Å². The summed E-state index contributed by atoms with van der Waals surface area (Å²) in [5.74, 6) is 5.95. The van der Waals surface area contributed by atoms with Crippen LogP contribution in [0, 0.1) is 0 Å². The van der Waals surface area contributed by atoms with E-state index in [1.807, 2.05) is 10.8 Å². The molecule has 1 aromatic heterocycles. The van der Waals surface area contributed by atoms with Crippen molar-refractivity contribution in [3.63, 3.8) is 0 Å². The summed E-state index contributed by atoms with van der Waals surface area (Å²) in [5.41, 5.74) is 2.50. The van der Waals surface area contributed by atoms with Crippen LogP contribution in [0.1, 0.15) is 5.82 Å². The fourth-order valence-corrected chi connectivity index (χ4v) is 0.910. The maximum atomic E-state index is 8.63. The van der Waals surface area contributed by atoms with Crippen molar-refractivity contribution < 1.29 is 5.11 Å². The summed E-state index contributed by atoms with van der Waals surface area (Å²) in [6.07, 6.45) is 3.49. The number of aromatic nitrogens is 2. The molecule has 5 heteroatoms. The van der Waals surface area contributed by atoms with Gasteiger partial charge in [-0.3, -0.25) is 11.3 Å². The summed E-state index contributed by atoms with van der Waals surface area (Å²) in [4.78, 5) is 4.03. The van der Waals surface area contributed by atoms with Gasteiger partial charge in [0.05, 0.1) is 13.2 Å². The average molecular weight is 156 g/mol. The second kappa shape index (κ2) is 4.07. The Morgan fingerprint density at radius 1 is 1.73 bits per heavy atom. The predicted molar refractivity (Wildman–Crippen MR) is 40.3 cm³/mol. The molecule has 5 nitrogen and oxygen atoms in total. The first-order valence-electron chi connectivity index (χ1n) is 3.43. The largest absolute Gasteiger partial charge is 0.395 e. The van der Waals surface area contributed by atoms with Gasteiger partial charge in [-0.25, -0.2) is 4.98 Å². The van der Waals surface area contributed by atoms with Crippen LogP contribution in [-0.4, -0.2) is 21.3 Å². The Morgan fingerprint density at radius 3 is 3.18 bits per heavy atom. The van der Waals surface area contributed by atoms with E-state index in [1.165, 1.54) is 0 Å². The van der Waals surface area contributed by atoms with Crippen LogP contribution in [-0.2, 0) is 13.1 Å². The minimum atomic E-state index is 0.119. The lowest BCUT2D eigenvalue weighted by Crippen LogP contribution is -2.23. The van der Waals surface area contributed by atoms with Gasteiger partial charge >= 0.3 is 0 Å². The van der Waals surface area contributed by atoms with Crippen molar-refractivity contribution in [2.75, 3.05) is 6.61 Å². The van der Waals surface area contributed by atoms with Gasteiger partial charge < -0.3 is 9.67 Å². The van der Waals surface area contributed by atoms with Gasteiger partial charge in [0.15, 0.2) is 0 Å². The zero-order chi connectivity index (χ0) is 8.10. The van der Waals surface area contributed by atoms with Crippen LogP contribution in [0.15, 0.2) is 12.4 Å². The Kier molecular flexibility index (Phi) is 3.03. The van der Waals surface area contributed by atoms with E-state index < -0.39 is 0 Å². The highest BCUT2D eigenvalue weighted by atomic mass is 16.3. The van der Waals surface area contributed by atoms with Crippen molar-refractivity contribution in [1.29, 1.82) is 0 Å². The monoisotopic (exact) mass is 156 g/mol. The molecule has 0 spiro atoms. The fraction of sp³-hybridized carbons (Fsp3) is 0.500. The van der Waals surface area contributed by atoms with E-state index in [2.05, 4.69) is 10.4 Å². The number of hydrogen-bond acceptors (Lipinski definition) is 4. The minimum absolute atomic E-state index is 0.119. The van der Waals surface area contributed by atoms with Crippen molar-refractivity contribution in [3.8, 4) is 0 Å². The minimum Gasteiger partial charge on any atom is -0.395 e. The van der Waals surface area contributed by atoms with Gasteiger partial charge in [-0.15, -0.1) is 0 Å². The quantitative estimate of drug-likeness (QED) is 0.379. The van der Waals surface area contributed by atoms with E-state index in [1.54, 1.807) is 6.20 Å². The van der Waals surface area contributed by atoms with Gasteiger partial charge in [0.2, 0.25) is 0 Å². The summed E-state index contributed by atoms with van der Waals surface area (Å²) in [6.45, 7) is 1.21. The molecule has 1 rings (SSSR count). The third kappa shape index (κ3) is 2.01. The van der Waals surface area contributed by atoms with Crippen LogP contribution in [0.4, 0.5) is 0 Å². The maximum absolute atomic E-state index is 8.63. The predicted octanol–water partition coefficient (Wildman–Crippen LogP) is -1.16. The third-order valence-corrected chi connectivity index (χ3v) is 1.40. The standard InChI is InChI=1S/C6H12N4O/c7-9-5-6-8-1-2-10(6)3-4-11/h1-2,9,11H,3-5,7H2. The second-order valence-corrected chi connectivity index (χ2v) is 2.14. The lowest BCUT2D eigenvalue weighted by atomic mass is 10.5. The van der Waals surface area contributed by atoms with E-state index in [-0.39, 0.29) is 6.61 Å². The van der Waals surface area contributed by atoms with Crippen molar-refractivity contribution in [2.24, 2.45) is 5.84 Å². The van der Waals surface area contributed by atoms with Crippen LogP contribution in [0.25, 0.3) is 0 Å². The van der Waals surface area contributed by atoms with Gasteiger partial charge in [-0.1, -0.05) is 0 Å². The number of rotatable bonds is 4. The smallest absolute Gasteiger partial charge is 0.124 e. The highest BCUT2D eigenvalue weighted by molar-refractivity contribution is 4.91. The number of imidazole rings is 1. The number of aliphatic hydroxyl groups is 1. The van der Waals surface area contributed by atoms with Crippen LogP contribution in [0.3, 0.4) is 0 Å². The Hall–Kier alpha value is -0.910. The molecule has 0 amide bonds. The summed E-state index contributed by atoms with van der Waals surface area (Å²) < 4.78 is 1.85. The van der Waals surface area contributed by atoms with Crippen LogP contribution in [0.2, 0.25) is 0 Å². The van der Waals surface area contributed by atoms with Crippen molar-refractivity contribution in [1.82, 2.24) is 15.0 Å². The summed E-state index contributed by atoms with van der Waals surface area (Å²) >= 11 is 0. The van der Waals surface area contributed by atoms with E-state index >= 15 is 0 Å². The Bertz CT molecular complexity index is 190. The molecule has 11 heavy (non-hydrogen) atoms. The molecule has 0 saturated heterocycles. The number of nitrogens with two attached hydrogens (primary N) is 1. The Morgan fingerprint density at radius 2 is 2.55 bits per heavy atom. The molecule has 0 aromatic carbocycles. The van der Waals surface area contributed by atoms with E-state index in [9.17, 15) is 0 Å². The molecule has 0 bridgehead atoms. The van der Waals surface area contributed by atoms with Gasteiger partial charge in [0.25, 0.3) is 0 Å². The van der Waals surface area contributed by atoms with E-state index in [0.29, 0.717) is 13.1 Å². The molecule has 0 aliphatic carbocycles. The van der Waals surface area contributed by atoms with Crippen LogP contribution in [0.5, 0.6) is 0 Å². The van der Waals surface area contributed by atoms with Gasteiger partial charge in [0.1, 0.15) is 5.82 Å². The molecule has 0 radical (unpaired) electrons. The number of nitrogens with one attached hydrogen (secondary N) is 1. The Balaban J connectivity index is 2.62. The molecule has 4 N–H and O–H groups in total. The topological polar surface area (TPSA) is 76.1 Å². The highest BCUT2D eigenvalue weighted by Crippen LogP contribution is 1.95. The lowest BCUT2D eigenvalue weighted by Gasteiger charge is -2.03. The first kappa shape index (κ1) is 8.19. The molecule has 0 aliphatic rings.